The number of piperidine rings is 1. The molecule has 0 unspecified atom stereocenters. The first kappa shape index (κ1) is 24.0. The van der Waals surface area contributed by atoms with Crippen molar-refractivity contribution in [1.82, 2.24) is 4.90 Å². The molecule has 0 radical (unpaired) electrons. The lowest BCUT2D eigenvalue weighted by molar-refractivity contribution is -0.137. The second kappa shape index (κ2) is 11.3. The van der Waals surface area contributed by atoms with E-state index in [1.807, 2.05) is 18.2 Å². The summed E-state index contributed by atoms with van der Waals surface area (Å²) in [6.45, 7) is -3.06. The number of likely N-dealkylation sites (tertiary alicyclic amines) is 1. The summed E-state index contributed by atoms with van der Waals surface area (Å²) in [6.07, 6.45) is 0.946. The van der Waals surface area contributed by atoms with E-state index < -0.39 is 30.8 Å². The molecule has 3 rings (SSSR count). The van der Waals surface area contributed by atoms with E-state index in [-0.39, 0.29) is 23.1 Å². The number of ether oxygens (including phenoxy) is 3. The Kier molecular flexibility index (Phi) is 8.17. The van der Waals surface area contributed by atoms with Crippen LogP contribution in [0.5, 0.6) is 11.5 Å². The van der Waals surface area contributed by atoms with Gasteiger partial charge < -0.3 is 24.4 Å². The third-order valence-corrected chi connectivity index (χ3v) is 5.21. The van der Waals surface area contributed by atoms with Crippen LogP contribution in [0.3, 0.4) is 0 Å². The molecule has 2 amide bonds. The van der Waals surface area contributed by atoms with Crippen molar-refractivity contribution in [2.24, 2.45) is 5.92 Å². The van der Waals surface area contributed by atoms with Crippen LogP contribution >= 0.6 is 0 Å². The first-order chi connectivity index (χ1) is 15.9. The molecular weight excluding hydrogens is 438 g/mol. The van der Waals surface area contributed by atoms with Gasteiger partial charge in [-0.05, 0) is 37.1 Å². The van der Waals surface area contributed by atoms with Crippen LogP contribution < -0.4 is 14.8 Å². The van der Waals surface area contributed by atoms with Crippen LogP contribution in [0.2, 0.25) is 0 Å². The average molecular weight is 462 g/mol. The fourth-order valence-corrected chi connectivity index (χ4v) is 3.50. The number of amides is 2. The minimum atomic E-state index is -3.17. The molecule has 1 N–H and O–H groups in total. The highest BCUT2D eigenvalue weighted by Crippen LogP contribution is 2.33. The topological polar surface area (TPSA) is 94.2 Å². The average Bonchev–Trinajstić information content (AvgIpc) is 2.82. The van der Waals surface area contributed by atoms with E-state index in [1.165, 1.54) is 30.2 Å². The number of esters is 1. The van der Waals surface area contributed by atoms with Crippen molar-refractivity contribution < 1.29 is 37.4 Å². The van der Waals surface area contributed by atoms with Crippen LogP contribution in [-0.4, -0.2) is 56.1 Å². The molecule has 1 aliphatic heterocycles. The summed E-state index contributed by atoms with van der Waals surface area (Å²) in [5.41, 5.74) is 0.430. The molecule has 2 aromatic rings. The lowest BCUT2D eigenvalue weighted by Gasteiger charge is -2.31. The zero-order chi connectivity index (χ0) is 23.8. The van der Waals surface area contributed by atoms with E-state index in [0.29, 0.717) is 31.6 Å². The fraction of sp³-hybridized carbons (Fsp3) is 0.348. The van der Waals surface area contributed by atoms with Crippen molar-refractivity contribution in [3.05, 3.63) is 54.1 Å². The second-order valence-electron chi connectivity index (χ2n) is 7.30. The molecule has 33 heavy (non-hydrogen) atoms. The summed E-state index contributed by atoms with van der Waals surface area (Å²) in [5.74, 6) is -2.30. The molecule has 1 saturated heterocycles. The van der Waals surface area contributed by atoms with Crippen molar-refractivity contribution in [3.63, 3.8) is 0 Å². The van der Waals surface area contributed by atoms with Gasteiger partial charge in [-0.3, -0.25) is 9.59 Å². The lowest BCUT2D eigenvalue weighted by Crippen LogP contribution is -2.43. The Bertz CT molecular complexity index is 978. The summed E-state index contributed by atoms with van der Waals surface area (Å²) in [7, 11) is 1.25. The molecule has 1 fully saturated rings. The zero-order valence-corrected chi connectivity index (χ0v) is 18.0. The molecule has 0 aromatic heterocycles. The monoisotopic (exact) mass is 462 g/mol. The number of hydrogen-bond donors (Lipinski definition) is 1. The van der Waals surface area contributed by atoms with Crippen LogP contribution in [-0.2, 0) is 14.3 Å². The van der Waals surface area contributed by atoms with Gasteiger partial charge >= 0.3 is 12.6 Å². The molecule has 176 valence electrons. The zero-order valence-electron chi connectivity index (χ0n) is 18.0. The van der Waals surface area contributed by atoms with Gasteiger partial charge in [-0.1, -0.05) is 24.3 Å². The third-order valence-electron chi connectivity index (χ3n) is 5.21. The molecule has 1 heterocycles. The number of alkyl halides is 2. The van der Waals surface area contributed by atoms with Gasteiger partial charge in [0, 0.05) is 24.7 Å². The molecule has 0 spiro atoms. The van der Waals surface area contributed by atoms with E-state index >= 15 is 0 Å². The molecule has 8 nitrogen and oxygen atoms in total. The number of benzene rings is 2. The highest BCUT2D eigenvalue weighted by atomic mass is 19.3. The Morgan fingerprint density at radius 3 is 2.39 bits per heavy atom. The van der Waals surface area contributed by atoms with Crippen LogP contribution in [0.15, 0.2) is 48.5 Å². The van der Waals surface area contributed by atoms with Crippen LogP contribution in [0.4, 0.5) is 14.5 Å². The summed E-state index contributed by atoms with van der Waals surface area (Å²) < 4.78 is 39.8. The minimum absolute atomic E-state index is 0.0630. The van der Waals surface area contributed by atoms with Crippen LogP contribution in [0.25, 0.3) is 0 Å². The van der Waals surface area contributed by atoms with E-state index in [0.717, 1.165) is 0 Å². The summed E-state index contributed by atoms with van der Waals surface area (Å²) in [6, 6.07) is 13.1. The van der Waals surface area contributed by atoms with Gasteiger partial charge in [0.15, 0.2) is 18.1 Å². The number of halogens is 2. The van der Waals surface area contributed by atoms with E-state index in [4.69, 9.17) is 9.47 Å². The Balaban J connectivity index is 1.51. The molecule has 0 atom stereocenters. The van der Waals surface area contributed by atoms with Gasteiger partial charge in [0.25, 0.3) is 5.91 Å². The quantitative estimate of drug-likeness (QED) is 0.605. The van der Waals surface area contributed by atoms with Gasteiger partial charge in [0.2, 0.25) is 5.91 Å². The fourth-order valence-electron chi connectivity index (χ4n) is 3.50. The number of carbonyl (C=O) groups excluding carboxylic acids is 3. The first-order valence-corrected chi connectivity index (χ1v) is 10.3. The maximum absolute atomic E-state index is 12.7. The van der Waals surface area contributed by atoms with Crippen molar-refractivity contribution in [2.45, 2.75) is 19.5 Å². The van der Waals surface area contributed by atoms with E-state index in [1.54, 1.807) is 12.1 Å². The second-order valence-corrected chi connectivity index (χ2v) is 7.30. The molecule has 0 aliphatic carbocycles. The molecule has 10 heteroatoms. The molecule has 0 saturated carbocycles. The summed E-state index contributed by atoms with van der Waals surface area (Å²) in [4.78, 5) is 38.8. The van der Waals surface area contributed by atoms with E-state index in [9.17, 15) is 23.2 Å². The van der Waals surface area contributed by atoms with Gasteiger partial charge in [0.1, 0.15) is 5.56 Å². The van der Waals surface area contributed by atoms with Gasteiger partial charge in [-0.25, -0.2) is 4.79 Å². The SMILES string of the molecule is COc1cccc(C(=O)OCC(=O)N2CCC(C(=O)Nc3ccccc3)CC2)c1OC(F)F. The number of carbonyl (C=O) groups is 3. The predicted octanol–water partition coefficient (Wildman–Crippen LogP) is 3.33. The van der Waals surface area contributed by atoms with Gasteiger partial charge in [0.05, 0.1) is 7.11 Å². The number of hydrogen-bond acceptors (Lipinski definition) is 6. The van der Waals surface area contributed by atoms with Crippen molar-refractivity contribution >= 4 is 23.5 Å². The molecule has 2 aromatic carbocycles. The van der Waals surface area contributed by atoms with Crippen molar-refractivity contribution in [3.8, 4) is 11.5 Å². The summed E-state index contributed by atoms with van der Waals surface area (Å²) >= 11 is 0. The number of nitrogens with zero attached hydrogens (tertiary/aromatic N) is 1. The van der Waals surface area contributed by atoms with Crippen molar-refractivity contribution in [1.29, 1.82) is 0 Å². The lowest BCUT2D eigenvalue weighted by atomic mass is 9.95. The summed E-state index contributed by atoms with van der Waals surface area (Å²) in [5, 5.41) is 2.85. The normalized spacial score (nSPS) is 14.0. The van der Waals surface area contributed by atoms with E-state index in [2.05, 4.69) is 10.1 Å². The Hall–Kier alpha value is -3.69. The number of rotatable bonds is 8. The number of methoxy groups -OCH3 is 1. The Labute approximate surface area is 189 Å². The number of nitrogens with one attached hydrogen (secondary N) is 1. The standard InChI is InChI=1S/C23H24F2N2O6/c1-31-18-9-5-8-17(20(18)33-23(24)25)22(30)32-14-19(28)27-12-10-15(11-13-27)21(29)26-16-6-3-2-4-7-16/h2-9,15,23H,10-14H2,1H3,(H,26,29). The molecule has 1 aliphatic rings. The maximum atomic E-state index is 12.7. The van der Waals surface area contributed by atoms with Crippen LogP contribution in [0.1, 0.15) is 23.2 Å². The van der Waals surface area contributed by atoms with Crippen molar-refractivity contribution in [2.75, 3.05) is 32.1 Å². The van der Waals surface area contributed by atoms with Gasteiger partial charge in [-0.15, -0.1) is 0 Å². The third kappa shape index (κ3) is 6.41. The smallest absolute Gasteiger partial charge is 0.387 e. The van der Waals surface area contributed by atoms with Gasteiger partial charge in [-0.2, -0.15) is 8.78 Å². The highest BCUT2D eigenvalue weighted by molar-refractivity contribution is 5.95. The Morgan fingerprint density at radius 2 is 1.76 bits per heavy atom. The number of anilines is 1. The van der Waals surface area contributed by atoms with Crippen LogP contribution in [0, 0.1) is 5.92 Å². The first-order valence-electron chi connectivity index (χ1n) is 10.3. The minimum Gasteiger partial charge on any atom is -0.493 e. The highest BCUT2D eigenvalue weighted by Gasteiger charge is 2.28. The predicted molar refractivity (Wildman–Crippen MR) is 114 cm³/mol. The molecular formula is C23H24F2N2O6. The Morgan fingerprint density at radius 1 is 1.06 bits per heavy atom. The maximum Gasteiger partial charge on any atom is 0.387 e. The largest absolute Gasteiger partial charge is 0.493 e. The molecule has 0 bridgehead atoms. The number of para-hydroxylation sites is 2.